The summed E-state index contributed by atoms with van der Waals surface area (Å²) in [4.78, 5) is 12.2. The maximum absolute atomic E-state index is 12.2. The number of hydrogen-bond donors (Lipinski definition) is 1. The Morgan fingerprint density at radius 3 is 2.61 bits per heavy atom. The minimum absolute atomic E-state index is 0.0811. The second-order valence-electron chi connectivity index (χ2n) is 6.68. The van der Waals surface area contributed by atoms with Crippen LogP contribution in [0.15, 0.2) is 53.7 Å². The Balaban J connectivity index is 1.57. The number of nitrogens with zero attached hydrogens (tertiary/aromatic N) is 3. The first-order valence-electron chi connectivity index (χ1n) is 9.04. The van der Waals surface area contributed by atoms with E-state index in [1.54, 1.807) is 0 Å². The lowest BCUT2D eigenvalue weighted by atomic mass is 10.2. The van der Waals surface area contributed by atoms with Crippen LogP contribution in [0.4, 0.5) is 5.69 Å². The van der Waals surface area contributed by atoms with Crippen molar-refractivity contribution in [3.8, 4) is 5.75 Å². The zero-order valence-electron chi connectivity index (χ0n) is 16.5. The van der Waals surface area contributed by atoms with Crippen molar-refractivity contribution in [2.24, 2.45) is 7.05 Å². The molecule has 1 N–H and O–H groups in total. The Morgan fingerprint density at radius 1 is 1.14 bits per heavy atom. The number of carbonyl (C=O) groups excluding carboxylic acids is 1. The van der Waals surface area contributed by atoms with Gasteiger partial charge in [-0.3, -0.25) is 4.79 Å². The molecular weight excluding hydrogens is 372 g/mol. The summed E-state index contributed by atoms with van der Waals surface area (Å²) in [6.07, 6.45) is -0.255. The average Bonchev–Trinajstić information content (AvgIpc) is 3.02. The van der Waals surface area contributed by atoms with Gasteiger partial charge in [-0.1, -0.05) is 41.6 Å². The molecule has 0 spiro atoms. The standard InChI is InChI=1S/C21H24N4O2S/c1-14-8-10-17(11-9-14)22-19(26)13-28-21-24-23-20(25(21)4)16(3)27-18-7-5-6-15(2)12-18/h5-12,16H,13H2,1-4H3,(H,22,26). The third-order valence-corrected chi connectivity index (χ3v) is 5.22. The summed E-state index contributed by atoms with van der Waals surface area (Å²) in [5.41, 5.74) is 3.08. The fraction of sp³-hybridized carbons (Fsp3) is 0.286. The van der Waals surface area contributed by atoms with Crippen LogP contribution in [0, 0.1) is 13.8 Å². The number of ether oxygens (including phenoxy) is 1. The molecule has 146 valence electrons. The van der Waals surface area contributed by atoms with Gasteiger partial charge < -0.3 is 14.6 Å². The van der Waals surface area contributed by atoms with E-state index in [-0.39, 0.29) is 17.8 Å². The average molecular weight is 397 g/mol. The third-order valence-electron chi connectivity index (χ3n) is 4.20. The van der Waals surface area contributed by atoms with Crippen molar-refractivity contribution in [2.75, 3.05) is 11.1 Å². The monoisotopic (exact) mass is 396 g/mol. The Morgan fingerprint density at radius 2 is 1.89 bits per heavy atom. The highest BCUT2D eigenvalue weighted by molar-refractivity contribution is 7.99. The summed E-state index contributed by atoms with van der Waals surface area (Å²) >= 11 is 1.35. The van der Waals surface area contributed by atoms with Crippen LogP contribution in [0.5, 0.6) is 5.75 Å². The van der Waals surface area contributed by atoms with Gasteiger partial charge in [0.2, 0.25) is 5.91 Å². The molecule has 0 saturated carbocycles. The molecule has 1 amide bonds. The highest BCUT2D eigenvalue weighted by Gasteiger charge is 2.18. The number of anilines is 1. The van der Waals surface area contributed by atoms with Crippen molar-refractivity contribution in [2.45, 2.75) is 32.0 Å². The van der Waals surface area contributed by atoms with Crippen molar-refractivity contribution >= 4 is 23.4 Å². The number of aromatic nitrogens is 3. The van der Waals surface area contributed by atoms with Crippen LogP contribution in [0.2, 0.25) is 0 Å². The number of aryl methyl sites for hydroxylation is 2. The van der Waals surface area contributed by atoms with Gasteiger partial charge in [0.05, 0.1) is 5.75 Å². The van der Waals surface area contributed by atoms with E-state index in [4.69, 9.17) is 4.74 Å². The van der Waals surface area contributed by atoms with E-state index < -0.39 is 0 Å². The molecule has 1 aromatic heterocycles. The molecule has 0 aliphatic heterocycles. The fourth-order valence-corrected chi connectivity index (χ4v) is 3.43. The maximum atomic E-state index is 12.2. The molecule has 0 bridgehead atoms. The van der Waals surface area contributed by atoms with Crippen LogP contribution in [0.25, 0.3) is 0 Å². The summed E-state index contributed by atoms with van der Waals surface area (Å²) < 4.78 is 7.84. The SMILES string of the molecule is Cc1ccc(NC(=O)CSc2nnc(C(C)Oc3cccc(C)c3)n2C)cc1. The minimum atomic E-state index is -0.255. The zero-order chi connectivity index (χ0) is 20.1. The normalized spacial score (nSPS) is 11.9. The summed E-state index contributed by atoms with van der Waals surface area (Å²) in [6.45, 7) is 5.97. The number of carbonyl (C=O) groups is 1. The smallest absolute Gasteiger partial charge is 0.234 e. The molecule has 0 aliphatic carbocycles. The Labute approximate surface area is 169 Å². The Hall–Kier alpha value is -2.80. The molecular formula is C21H24N4O2S. The Bertz CT molecular complexity index is 953. The van der Waals surface area contributed by atoms with Gasteiger partial charge in [-0.05, 0) is 50.6 Å². The van der Waals surface area contributed by atoms with Crippen molar-refractivity contribution in [3.05, 3.63) is 65.5 Å². The molecule has 3 aromatic rings. The molecule has 0 aliphatic rings. The summed E-state index contributed by atoms with van der Waals surface area (Å²) in [5, 5.41) is 12.0. The summed E-state index contributed by atoms with van der Waals surface area (Å²) in [5.74, 6) is 1.68. The van der Waals surface area contributed by atoms with Crippen molar-refractivity contribution in [3.63, 3.8) is 0 Å². The van der Waals surface area contributed by atoms with Crippen molar-refractivity contribution in [1.29, 1.82) is 0 Å². The van der Waals surface area contributed by atoms with E-state index in [0.29, 0.717) is 11.0 Å². The molecule has 6 nitrogen and oxygen atoms in total. The second kappa shape index (κ2) is 8.93. The molecule has 2 aromatic carbocycles. The lowest BCUT2D eigenvalue weighted by molar-refractivity contribution is -0.113. The van der Waals surface area contributed by atoms with Gasteiger partial charge in [0, 0.05) is 12.7 Å². The van der Waals surface area contributed by atoms with Crippen LogP contribution >= 0.6 is 11.8 Å². The number of amides is 1. The fourth-order valence-electron chi connectivity index (χ4n) is 2.72. The van der Waals surface area contributed by atoms with E-state index in [1.165, 1.54) is 11.8 Å². The van der Waals surface area contributed by atoms with Gasteiger partial charge in [-0.15, -0.1) is 10.2 Å². The van der Waals surface area contributed by atoms with Crippen molar-refractivity contribution < 1.29 is 9.53 Å². The van der Waals surface area contributed by atoms with E-state index in [9.17, 15) is 4.79 Å². The number of thioether (sulfide) groups is 1. The van der Waals surface area contributed by atoms with Gasteiger partial charge in [0.25, 0.3) is 0 Å². The highest BCUT2D eigenvalue weighted by Crippen LogP contribution is 2.24. The number of benzene rings is 2. The quantitative estimate of drug-likeness (QED) is 0.603. The van der Waals surface area contributed by atoms with Crippen LogP contribution in [0.3, 0.4) is 0 Å². The van der Waals surface area contributed by atoms with Gasteiger partial charge in [-0.25, -0.2) is 0 Å². The van der Waals surface area contributed by atoms with E-state index in [0.717, 1.165) is 22.6 Å². The van der Waals surface area contributed by atoms with Crippen LogP contribution in [0.1, 0.15) is 30.0 Å². The summed E-state index contributed by atoms with van der Waals surface area (Å²) in [6, 6.07) is 15.6. The predicted molar refractivity (Wildman–Crippen MR) is 112 cm³/mol. The molecule has 0 saturated heterocycles. The van der Waals surface area contributed by atoms with Crippen LogP contribution in [-0.4, -0.2) is 26.4 Å². The first-order chi connectivity index (χ1) is 13.4. The zero-order valence-corrected chi connectivity index (χ0v) is 17.3. The number of nitrogens with one attached hydrogen (secondary N) is 1. The molecule has 28 heavy (non-hydrogen) atoms. The van der Waals surface area contributed by atoms with Gasteiger partial charge in [-0.2, -0.15) is 0 Å². The van der Waals surface area contributed by atoms with E-state index in [1.807, 2.05) is 80.9 Å². The van der Waals surface area contributed by atoms with Gasteiger partial charge >= 0.3 is 0 Å². The van der Waals surface area contributed by atoms with Crippen LogP contribution < -0.4 is 10.1 Å². The highest BCUT2D eigenvalue weighted by atomic mass is 32.2. The van der Waals surface area contributed by atoms with Gasteiger partial charge in [0.15, 0.2) is 17.1 Å². The molecule has 1 atom stereocenters. The first kappa shape index (κ1) is 19.9. The van der Waals surface area contributed by atoms with Crippen molar-refractivity contribution in [1.82, 2.24) is 14.8 Å². The minimum Gasteiger partial charge on any atom is -0.483 e. The molecule has 0 fully saturated rings. The summed E-state index contributed by atoms with van der Waals surface area (Å²) in [7, 11) is 1.88. The maximum Gasteiger partial charge on any atom is 0.234 e. The molecule has 3 rings (SSSR count). The Kier molecular flexibility index (Phi) is 6.36. The predicted octanol–water partition coefficient (Wildman–Crippen LogP) is 4.30. The number of rotatable bonds is 7. The van der Waals surface area contributed by atoms with Gasteiger partial charge in [0.1, 0.15) is 5.75 Å². The lowest BCUT2D eigenvalue weighted by Gasteiger charge is -2.14. The largest absolute Gasteiger partial charge is 0.483 e. The molecule has 1 unspecified atom stereocenters. The second-order valence-corrected chi connectivity index (χ2v) is 7.62. The topological polar surface area (TPSA) is 69.0 Å². The molecule has 0 radical (unpaired) electrons. The first-order valence-corrected chi connectivity index (χ1v) is 10.0. The van der Waals surface area contributed by atoms with E-state index >= 15 is 0 Å². The van der Waals surface area contributed by atoms with Crippen LogP contribution in [-0.2, 0) is 11.8 Å². The van der Waals surface area contributed by atoms with E-state index in [2.05, 4.69) is 15.5 Å². The number of hydrogen-bond acceptors (Lipinski definition) is 5. The lowest BCUT2D eigenvalue weighted by Crippen LogP contribution is -2.14. The molecule has 7 heteroatoms. The molecule has 1 heterocycles. The third kappa shape index (κ3) is 5.13.